The Bertz CT molecular complexity index is 433. The molecule has 1 rings (SSSR count). The smallest absolute Gasteiger partial charge is 0.245 e. The maximum absolute atomic E-state index is 12.2. The Morgan fingerprint density at radius 3 is 2.63 bits per heavy atom. The molecule has 1 unspecified atom stereocenters. The molecule has 1 aliphatic rings. The Morgan fingerprint density at radius 2 is 2.05 bits per heavy atom. The summed E-state index contributed by atoms with van der Waals surface area (Å²) < 4.78 is 22.1. The van der Waals surface area contributed by atoms with Crippen LogP contribution in [0.4, 0.5) is 0 Å². The van der Waals surface area contributed by atoms with Crippen LogP contribution in [-0.2, 0) is 19.4 Å². The van der Waals surface area contributed by atoms with Crippen LogP contribution in [0.5, 0.6) is 0 Å². The molecule has 7 heteroatoms. The predicted molar refractivity (Wildman–Crippen MR) is 72.4 cm³/mol. The zero-order chi connectivity index (χ0) is 14.5. The summed E-state index contributed by atoms with van der Waals surface area (Å²) in [6.45, 7) is 2.72. The van der Waals surface area contributed by atoms with Crippen molar-refractivity contribution >= 4 is 21.7 Å². The van der Waals surface area contributed by atoms with E-state index < -0.39 is 15.9 Å². The van der Waals surface area contributed by atoms with Crippen molar-refractivity contribution in [2.24, 2.45) is 0 Å². The third kappa shape index (κ3) is 5.59. The van der Waals surface area contributed by atoms with Gasteiger partial charge in [-0.1, -0.05) is 13.3 Å². The van der Waals surface area contributed by atoms with E-state index in [0.29, 0.717) is 25.9 Å². The average Bonchev–Trinajstić information content (AvgIpc) is 2.41. The standard InChI is InChI=1S/C12H22N2O4S/c1-3-5-10-12(16)14(8-6-11(15)13-10)7-4-9-19(2,17)18/h10H,3-9H2,1-2H3,(H,13,15). The Balaban J connectivity index is 2.60. The first kappa shape index (κ1) is 15.9. The van der Waals surface area contributed by atoms with Crippen molar-refractivity contribution in [3.63, 3.8) is 0 Å². The van der Waals surface area contributed by atoms with Crippen LogP contribution in [0.25, 0.3) is 0 Å². The molecule has 0 bridgehead atoms. The molecule has 0 saturated carbocycles. The maximum Gasteiger partial charge on any atom is 0.245 e. The van der Waals surface area contributed by atoms with E-state index in [2.05, 4.69) is 5.32 Å². The molecule has 0 radical (unpaired) electrons. The summed E-state index contributed by atoms with van der Waals surface area (Å²) in [5, 5.41) is 2.72. The summed E-state index contributed by atoms with van der Waals surface area (Å²) in [6, 6.07) is -0.460. The largest absolute Gasteiger partial charge is 0.344 e. The van der Waals surface area contributed by atoms with Gasteiger partial charge in [-0.25, -0.2) is 8.42 Å². The maximum atomic E-state index is 12.2. The summed E-state index contributed by atoms with van der Waals surface area (Å²) in [4.78, 5) is 25.3. The lowest BCUT2D eigenvalue weighted by molar-refractivity contribution is -0.133. The Hall–Kier alpha value is -1.11. The molecular weight excluding hydrogens is 268 g/mol. The van der Waals surface area contributed by atoms with Gasteiger partial charge in [-0.3, -0.25) is 9.59 Å². The molecule has 19 heavy (non-hydrogen) atoms. The molecule has 0 aromatic carbocycles. The van der Waals surface area contributed by atoms with Crippen molar-refractivity contribution in [2.45, 2.75) is 38.6 Å². The van der Waals surface area contributed by atoms with Gasteiger partial charge in [0.25, 0.3) is 0 Å². The van der Waals surface area contributed by atoms with E-state index in [1.54, 1.807) is 4.90 Å². The van der Waals surface area contributed by atoms with Crippen LogP contribution in [0.15, 0.2) is 0 Å². The number of carbonyl (C=O) groups is 2. The van der Waals surface area contributed by atoms with Crippen molar-refractivity contribution < 1.29 is 18.0 Å². The second kappa shape index (κ2) is 6.88. The molecule has 1 saturated heterocycles. The first-order valence-electron chi connectivity index (χ1n) is 6.59. The van der Waals surface area contributed by atoms with Gasteiger partial charge in [-0.05, 0) is 12.8 Å². The highest BCUT2D eigenvalue weighted by atomic mass is 32.2. The lowest BCUT2D eigenvalue weighted by Crippen LogP contribution is -2.45. The topological polar surface area (TPSA) is 83.6 Å². The molecule has 0 aromatic rings. The molecule has 1 heterocycles. The van der Waals surface area contributed by atoms with E-state index in [4.69, 9.17) is 0 Å². The van der Waals surface area contributed by atoms with Gasteiger partial charge in [0.05, 0.1) is 5.75 Å². The highest BCUT2D eigenvalue weighted by molar-refractivity contribution is 7.90. The van der Waals surface area contributed by atoms with Gasteiger partial charge in [0.2, 0.25) is 11.8 Å². The normalized spacial score (nSPS) is 21.2. The molecule has 2 amide bonds. The highest BCUT2D eigenvalue weighted by Crippen LogP contribution is 2.09. The second-order valence-electron chi connectivity index (χ2n) is 4.97. The van der Waals surface area contributed by atoms with Crippen LogP contribution in [0.2, 0.25) is 0 Å². The molecule has 110 valence electrons. The Kier molecular flexibility index (Phi) is 5.78. The third-order valence-corrected chi connectivity index (χ3v) is 4.10. The number of hydrogen-bond donors (Lipinski definition) is 1. The zero-order valence-electron chi connectivity index (χ0n) is 11.5. The average molecular weight is 290 g/mol. The summed E-state index contributed by atoms with van der Waals surface area (Å²) in [5.41, 5.74) is 0. The van der Waals surface area contributed by atoms with Crippen LogP contribution in [0, 0.1) is 0 Å². The number of sulfone groups is 1. The van der Waals surface area contributed by atoms with Gasteiger partial charge in [-0.15, -0.1) is 0 Å². The summed E-state index contributed by atoms with van der Waals surface area (Å²) in [5.74, 6) is -0.144. The molecule has 6 nitrogen and oxygen atoms in total. The van der Waals surface area contributed by atoms with Crippen LogP contribution in [0.1, 0.15) is 32.6 Å². The molecular formula is C12H22N2O4S. The van der Waals surface area contributed by atoms with Gasteiger partial charge >= 0.3 is 0 Å². The predicted octanol–water partition coefficient (Wildman–Crippen LogP) is -0.0617. The first-order valence-corrected chi connectivity index (χ1v) is 8.65. The molecule has 0 spiro atoms. The SMILES string of the molecule is CCCC1NC(=O)CCN(CCCS(C)(=O)=O)C1=O. The first-order chi connectivity index (χ1) is 8.83. The minimum absolute atomic E-state index is 0.0661. The van der Waals surface area contributed by atoms with Gasteiger partial charge in [-0.2, -0.15) is 0 Å². The van der Waals surface area contributed by atoms with E-state index in [1.807, 2.05) is 6.92 Å². The van der Waals surface area contributed by atoms with Gasteiger partial charge < -0.3 is 10.2 Å². The number of nitrogens with one attached hydrogen (secondary N) is 1. The molecule has 1 fully saturated rings. The number of hydrogen-bond acceptors (Lipinski definition) is 4. The lowest BCUT2D eigenvalue weighted by atomic mass is 10.1. The van der Waals surface area contributed by atoms with Crippen molar-refractivity contribution in [1.82, 2.24) is 10.2 Å². The fourth-order valence-corrected chi connectivity index (χ4v) is 2.77. The zero-order valence-corrected chi connectivity index (χ0v) is 12.3. The molecule has 0 aromatic heterocycles. The van der Waals surface area contributed by atoms with Gasteiger partial charge in [0.1, 0.15) is 15.9 Å². The number of nitrogens with zero attached hydrogens (tertiary/aromatic N) is 1. The Morgan fingerprint density at radius 1 is 1.37 bits per heavy atom. The van der Waals surface area contributed by atoms with E-state index in [-0.39, 0.29) is 24.0 Å². The Labute approximate surface area is 114 Å². The van der Waals surface area contributed by atoms with E-state index in [9.17, 15) is 18.0 Å². The van der Waals surface area contributed by atoms with Crippen molar-refractivity contribution in [3.8, 4) is 0 Å². The van der Waals surface area contributed by atoms with Crippen molar-refractivity contribution in [2.75, 3.05) is 25.1 Å². The molecule has 1 atom stereocenters. The van der Waals surface area contributed by atoms with Gasteiger partial charge in [0.15, 0.2) is 0 Å². The quantitative estimate of drug-likeness (QED) is 0.743. The fourth-order valence-electron chi connectivity index (χ4n) is 2.12. The van der Waals surface area contributed by atoms with E-state index >= 15 is 0 Å². The highest BCUT2D eigenvalue weighted by Gasteiger charge is 2.28. The van der Waals surface area contributed by atoms with E-state index in [1.165, 1.54) is 6.26 Å². The second-order valence-corrected chi connectivity index (χ2v) is 7.23. The summed E-state index contributed by atoms with van der Waals surface area (Å²) in [7, 11) is -3.01. The number of amides is 2. The van der Waals surface area contributed by atoms with Crippen LogP contribution < -0.4 is 5.32 Å². The third-order valence-electron chi connectivity index (χ3n) is 3.07. The van der Waals surface area contributed by atoms with Crippen LogP contribution in [0.3, 0.4) is 0 Å². The summed E-state index contributed by atoms with van der Waals surface area (Å²) in [6.07, 6.45) is 3.31. The van der Waals surface area contributed by atoms with Crippen molar-refractivity contribution in [1.29, 1.82) is 0 Å². The molecule has 1 N–H and O–H groups in total. The monoisotopic (exact) mass is 290 g/mol. The lowest BCUT2D eigenvalue weighted by Gasteiger charge is -2.23. The molecule has 1 aliphatic heterocycles. The summed E-state index contributed by atoms with van der Waals surface area (Å²) >= 11 is 0. The van der Waals surface area contributed by atoms with Crippen LogP contribution >= 0.6 is 0 Å². The van der Waals surface area contributed by atoms with Crippen molar-refractivity contribution in [3.05, 3.63) is 0 Å². The molecule has 0 aliphatic carbocycles. The fraction of sp³-hybridized carbons (Fsp3) is 0.833. The minimum Gasteiger partial charge on any atom is -0.344 e. The number of rotatable bonds is 6. The minimum atomic E-state index is -3.01. The number of carbonyl (C=O) groups excluding carboxylic acids is 2. The van der Waals surface area contributed by atoms with Gasteiger partial charge in [0, 0.05) is 25.8 Å². The van der Waals surface area contributed by atoms with E-state index in [0.717, 1.165) is 6.42 Å². The van der Waals surface area contributed by atoms with Crippen LogP contribution in [-0.4, -0.2) is 56.3 Å².